The Morgan fingerprint density at radius 3 is 2.79 bits per heavy atom. The van der Waals surface area contributed by atoms with Crippen LogP contribution >= 0.6 is 11.6 Å². The molecule has 1 heterocycles. The third-order valence-corrected chi connectivity index (χ3v) is 4.71. The molecule has 1 N–H and O–H groups in total. The maximum Gasteiger partial charge on any atom is 0.322 e. The normalized spacial score (nSPS) is 10.4. The molecule has 3 aromatic rings. The van der Waals surface area contributed by atoms with Gasteiger partial charge in [-0.05, 0) is 42.0 Å². The minimum absolute atomic E-state index is 0.200. The highest BCUT2D eigenvalue weighted by Gasteiger charge is 2.15. The molecule has 3 rings (SSSR count). The zero-order chi connectivity index (χ0) is 20.6. The Kier molecular flexibility index (Phi) is 6.98. The number of amides is 2. The van der Waals surface area contributed by atoms with Crippen molar-refractivity contribution in [3.8, 4) is 5.75 Å². The fraction of sp³-hybridized carbons (Fsp3) is 0.174. The molecule has 1 aromatic heterocycles. The van der Waals surface area contributed by atoms with E-state index >= 15 is 0 Å². The second kappa shape index (κ2) is 9.85. The van der Waals surface area contributed by atoms with Gasteiger partial charge in [0.2, 0.25) is 0 Å². The van der Waals surface area contributed by atoms with Crippen molar-refractivity contribution in [3.63, 3.8) is 0 Å². The van der Waals surface area contributed by atoms with Gasteiger partial charge in [0.25, 0.3) is 0 Å². The van der Waals surface area contributed by atoms with Gasteiger partial charge in [0.05, 0.1) is 13.7 Å². The van der Waals surface area contributed by atoms with Crippen LogP contribution in [0.4, 0.5) is 10.5 Å². The second-order valence-corrected chi connectivity index (χ2v) is 7.03. The smallest absolute Gasteiger partial charge is 0.322 e. The average molecular weight is 410 g/mol. The van der Waals surface area contributed by atoms with E-state index in [0.29, 0.717) is 36.1 Å². The molecular formula is C23H24ClN3O2. The minimum atomic E-state index is -0.200. The van der Waals surface area contributed by atoms with Crippen LogP contribution in [0.15, 0.2) is 79.5 Å². The van der Waals surface area contributed by atoms with Crippen molar-refractivity contribution in [2.45, 2.75) is 13.1 Å². The lowest BCUT2D eigenvalue weighted by molar-refractivity contribution is 0.214. The number of nitrogens with one attached hydrogen (secondary N) is 1. The number of rotatable bonds is 8. The summed E-state index contributed by atoms with van der Waals surface area (Å²) in [5, 5.41) is 3.63. The lowest BCUT2D eigenvalue weighted by Crippen LogP contribution is -2.35. The van der Waals surface area contributed by atoms with Crippen LogP contribution in [-0.4, -0.2) is 29.2 Å². The Labute approximate surface area is 176 Å². The van der Waals surface area contributed by atoms with Crippen LogP contribution in [0, 0.1) is 0 Å². The van der Waals surface area contributed by atoms with Crippen LogP contribution < -0.4 is 10.1 Å². The molecule has 2 aromatic carbocycles. The number of carbonyl (C=O) groups is 1. The number of methoxy groups -OCH3 is 1. The third kappa shape index (κ3) is 5.65. The Balaban J connectivity index is 1.72. The quantitative estimate of drug-likeness (QED) is 0.505. The maximum absolute atomic E-state index is 12.8. The van der Waals surface area contributed by atoms with Gasteiger partial charge in [0.1, 0.15) is 5.75 Å². The highest BCUT2D eigenvalue weighted by atomic mass is 35.5. The van der Waals surface area contributed by atoms with Crippen LogP contribution in [-0.2, 0) is 13.1 Å². The van der Waals surface area contributed by atoms with Gasteiger partial charge in [-0.3, -0.25) is 0 Å². The lowest BCUT2D eigenvalue weighted by Gasteiger charge is -2.23. The Morgan fingerprint density at radius 1 is 1.21 bits per heavy atom. The van der Waals surface area contributed by atoms with Gasteiger partial charge in [-0.2, -0.15) is 0 Å². The summed E-state index contributed by atoms with van der Waals surface area (Å²) in [5.74, 6) is 0.688. The predicted octanol–water partition coefficient (Wildman–Crippen LogP) is 5.42. The first-order chi connectivity index (χ1) is 14.1. The number of hydrogen-bond acceptors (Lipinski definition) is 2. The summed E-state index contributed by atoms with van der Waals surface area (Å²) < 4.78 is 7.33. The fourth-order valence-electron chi connectivity index (χ4n) is 3.05. The SMILES string of the molecule is C=CCN(Cc1cccn1Cc1cccc(Cl)c1)C(=O)Nc1cccc(OC)c1. The number of anilines is 1. The first-order valence-electron chi connectivity index (χ1n) is 9.28. The number of carbonyl (C=O) groups excluding carboxylic acids is 1. The largest absolute Gasteiger partial charge is 0.497 e. The van der Waals surface area contributed by atoms with E-state index in [9.17, 15) is 4.79 Å². The van der Waals surface area contributed by atoms with Crippen molar-refractivity contribution in [2.24, 2.45) is 0 Å². The standard InChI is InChI=1S/C23H24ClN3O2/c1-3-12-27(23(28)25-20-9-5-11-22(15-20)29-2)17-21-10-6-13-26(21)16-18-7-4-8-19(24)14-18/h3-11,13-15H,1,12,16-17H2,2H3,(H,25,28). The van der Waals surface area contributed by atoms with Crippen molar-refractivity contribution in [1.82, 2.24) is 9.47 Å². The zero-order valence-electron chi connectivity index (χ0n) is 16.3. The maximum atomic E-state index is 12.8. The fourth-order valence-corrected chi connectivity index (χ4v) is 3.27. The Hall–Kier alpha value is -3.18. The Bertz CT molecular complexity index is 984. The molecule has 6 heteroatoms. The van der Waals surface area contributed by atoms with E-state index in [2.05, 4.69) is 16.5 Å². The lowest BCUT2D eigenvalue weighted by atomic mass is 10.2. The summed E-state index contributed by atoms with van der Waals surface area (Å²) in [7, 11) is 1.60. The summed E-state index contributed by atoms with van der Waals surface area (Å²) in [6, 6.07) is 18.8. The minimum Gasteiger partial charge on any atom is -0.497 e. The van der Waals surface area contributed by atoms with E-state index in [1.165, 1.54) is 0 Å². The molecule has 0 unspecified atom stereocenters. The highest BCUT2D eigenvalue weighted by molar-refractivity contribution is 6.30. The van der Waals surface area contributed by atoms with Crippen LogP contribution in [0.5, 0.6) is 5.75 Å². The highest BCUT2D eigenvalue weighted by Crippen LogP contribution is 2.18. The number of hydrogen-bond donors (Lipinski definition) is 1. The number of halogens is 1. The number of nitrogens with zero attached hydrogens (tertiary/aromatic N) is 2. The van der Waals surface area contributed by atoms with E-state index in [1.54, 1.807) is 24.2 Å². The summed E-state index contributed by atoms with van der Waals surface area (Å²) in [4.78, 5) is 14.5. The van der Waals surface area contributed by atoms with Crippen LogP contribution in [0.1, 0.15) is 11.3 Å². The van der Waals surface area contributed by atoms with Crippen molar-refractivity contribution < 1.29 is 9.53 Å². The van der Waals surface area contributed by atoms with E-state index in [-0.39, 0.29) is 6.03 Å². The second-order valence-electron chi connectivity index (χ2n) is 6.59. The van der Waals surface area contributed by atoms with Crippen molar-refractivity contribution in [2.75, 3.05) is 19.0 Å². The van der Waals surface area contributed by atoms with Crippen LogP contribution in [0.2, 0.25) is 5.02 Å². The van der Waals surface area contributed by atoms with E-state index in [0.717, 1.165) is 11.3 Å². The number of ether oxygens (including phenoxy) is 1. The first-order valence-corrected chi connectivity index (χ1v) is 9.66. The molecule has 0 aliphatic rings. The predicted molar refractivity (Wildman–Crippen MR) is 118 cm³/mol. The van der Waals surface area contributed by atoms with Crippen molar-refractivity contribution >= 4 is 23.3 Å². The first kappa shape index (κ1) is 20.6. The van der Waals surface area contributed by atoms with Crippen molar-refractivity contribution in [3.05, 3.63) is 95.8 Å². The summed E-state index contributed by atoms with van der Waals surface area (Å²) in [6.45, 7) is 5.35. The molecule has 5 nitrogen and oxygen atoms in total. The molecule has 0 aliphatic heterocycles. The number of benzene rings is 2. The van der Waals surface area contributed by atoms with Crippen molar-refractivity contribution in [1.29, 1.82) is 0 Å². The van der Waals surface area contributed by atoms with Crippen LogP contribution in [0.25, 0.3) is 0 Å². The molecule has 150 valence electrons. The molecule has 0 atom stereocenters. The van der Waals surface area contributed by atoms with Gasteiger partial charge >= 0.3 is 6.03 Å². The average Bonchev–Trinajstić information content (AvgIpc) is 3.14. The molecule has 0 spiro atoms. The molecule has 0 fully saturated rings. The van der Waals surface area contributed by atoms with Crippen LogP contribution in [0.3, 0.4) is 0 Å². The summed E-state index contributed by atoms with van der Waals surface area (Å²) in [6.07, 6.45) is 3.72. The Morgan fingerprint density at radius 2 is 2.03 bits per heavy atom. The number of urea groups is 1. The molecule has 0 saturated carbocycles. The summed E-state index contributed by atoms with van der Waals surface area (Å²) >= 11 is 6.10. The van der Waals surface area contributed by atoms with Gasteiger partial charge in [0.15, 0.2) is 0 Å². The monoisotopic (exact) mass is 409 g/mol. The molecule has 2 amide bonds. The molecule has 29 heavy (non-hydrogen) atoms. The topological polar surface area (TPSA) is 46.5 Å². The molecule has 0 saturated heterocycles. The van der Waals surface area contributed by atoms with Gasteiger partial charge in [0, 0.05) is 41.8 Å². The zero-order valence-corrected chi connectivity index (χ0v) is 17.1. The number of aromatic nitrogens is 1. The molecule has 0 bridgehead atoms. The molecular weight excluding hydrogens is 386 g/mol. The van der Waals surface area contributed by atoms with Gasteiger partial charge < -0.3 is 19.5 Å². The van der Waals surface area contributed by atoms with E-state index in [4.69, 9.17) is 16.3 Å². The van der Waals surface area contributed by atoms with E-state index < -0.39 is 0 Å². The van der Waals surface area contributed by atoms with Gasteiger partial charge in [-0.1, -0.05) is 35.9 Å². The third-order valence-electron chi connectivity index (χ3n) is 4.48. The van der Waals surface area contributed by atoms with Gasteiger partial charge in [-0.25, -0.2) is 4.79 Å². The van der Waals surface area contributed by atoms with E-state index in [1.807, 2.05) is 60.8 Å². The molecule has 0 aliphatic carbocycles. The summed E-state index contributed by atoms with van der Waals surface area (Å²) in [5.41, 5.74) is 2.80. The van der Waals surface area contributed by atoms with Gasteiger partial charge in [-0.15, -0.1) is 6.58 Å². The molecule has 0 radical (unpaired) electrons.